The predicted molar refractivity (Wildman–Crippen MR) is 177 cm³/mol. The van der Waals surface area contributed by atoms with Crippen molar-refractivity contribution < 1.29 is 14.0 Å². The number of H-pyrrole nitrogens is 1. The first-order chi connectivity index (χ1) is 22.5. The van der Waals surface area contributed by atoms with Crippen LogP contribution in [0, 0.1) is 5.82 Å². The third-order valence-electron chi connectivity index (χ3n) is 8.42. The number of anilines is 4. The first-order valence-corrected chi connectivity index (χ1v) is 16.0. The number of nitrogens with one attached hydrogen (secondary N) is 3. The lowest BCUT2D eigenvalue weighted by atomic mass is 10.1. The molecule has 8 rings (SSSR count). The number of rotatable bonds is 7. The number of aromatic nitrogens is 4. The number of hydrogen-bond donors (Lipinski definition) is 3. The molecule has 3 amide bonds. The molecule has 10 nitrogen and oxygen atoms in total. The molecule has 0 aliphatic carbocycles. The van der Waals surface area contributed by atoms with Gasteiger partial charge in [0.2, 0.25) is 0 Å². The molecule has 12 heteroatoms. The van der Waals surface area contributed by atoms with Gasteiger partial charge in [-0.2, -0.15) is 0 Å². The molecule has 2 aliphatic rings. The number of piperidine rings is 1. The summed E-state index contributed by atoms with van der Waals surface area (Å²) >= 11 is 1.21. The van der Waals surface area contributed by atoms with Gasteiger partial charge in [-0.15, -0.1) is 11.3 Å². The van der Waals surface area contributed by atoms with Crippen molar-refractivity contribution in [3.05, 3.63) is 101 Å². The van der Waals surface area contributed by atoms with Gasteiger partial charge < -0.3 is 15.6 Å². The summed E-state index contributed by atoms with van der Waals surface area (Å²) in [5.74, 6) is 0.442. The molecule has 3 aromatic heterocycles. The highest BCUT2D eigenvalue weighted by atomic mass is 32.1. The van der Waals surface area contributed by atoms with Crippen LogP contribution in [0.3, 0.4) is 0 Å². The normalized spacial score (nSPS) is 15.0. The van der Waals surface area contributed by atoms with Crippen molar-refractivity contribution in [3.63, 3.8) is 0 Å². The van der Waals surface area contributed by atoms with Crippen LogP contribution in [-0.4, -0.2) is 49.9 Å². The van der Waals surface area contributed by atoms with E-state index in [4.69, 9.17) is 0 Å². The van der Waals surface area contributed by atoms with Gasteiger partial charge in [-0.25, -0.2) is 29.0 Å². The Labute approximate surface area is 267 Å². The van der Waals surface area contributed by atoms with Crippen LogP contribution in [0.25, 0.3) is 21.3 Å². The molecule has 3 aromatic carbocycles. The number of amides is 3. The van der Waals surface area contributed by atoms with Crippen LogP contribution in [0.2, 0.25) is 0 Å². The van der Waals surface area contributed by atoms with E-state index in [9.17, 15) is 14.0 Å². The maximum Gasteiger partial charge on any atom is 0.332 e. The third-order valence-corrected chi connectivity index (χ3v) is 9.52. The second kappa shape index (κ2) is 11.6. The lowest BCUT2D eigenvalue weighted by Gasteiger charge is -2.27. The SMILES string of the molecule is O=C(Nc1ccc(CN2CCCCC2)cc1)c1sc2ncnc3c2c1NC(=O)N3c1ccc2nc(Cc3cccc(F)c3)[nH]c2c1. The summed E-state index contributed by atoms with van der Waals surface area (Å²) in [5, 5.41) is 6.51. The van der Waals surface area contributed by atoms with Crippen LogP contribution in [0.5, 0.6) is 0 Å². The number of benzene rings is 3. The molecule has 0 radical (unpaired) electrons. The number of nitrogens with zero attached hydrogens (tertiary/aromatic N) is 5. The van der Waals surface area contributed by atoms with Crippen molar-refractivity contribution in [1.29, 1.82) is 0 Å². The molecule has 0 unspecified atom stereocenters. The summed E-state index contributed by atoms with van der Waals surface area (Å²) in [7, 11) is 0. The fourth-order valence-electron chi connectivity index (χ4n) is 6.24. The standard InChI is InChI=1S/C34H29FN8O2S/c35-22-6-4-5-21(15-22)16-27-39-25-12-11-24(17-26(25)40-27)43-31-28-29(41-34(43)45)30(46-33(28)37-19-36-31)32(44)38-23-9-7-20(8-10-23)18-42-13-2-1-3-14-42/h4-12,15,17,19H,1-3,13-14,16,18H2,(H,38,44)(H,39,40)(H,41,45). The summed E-state index contributed by atoms with van der Waals surface area (Å²) in [6.07, 6.45) is 5.62. The molecule has 46 heavy (non-hydrogen) atoms. The van der Waals surface area contributed by atoms with Crippen LogP contribution >= 0.6 is 11.3 Å². The smallest absolute Gasteiger partial charge is 0.332 e. The number of urea groups is 1. The van der Waals surface area contributed by atoms with E-state index in [2.05, 4.69) is 35.5 Å². The molecule has 1 fully saturated rings. The van der Waals surface area contributed by atoms with Crippen molar-refractivity contribution in [2.75, 3.05) is 28.6 Å². The van der Waals surface area contributed by atoms with Crippen molar-refractivity contribution in [2.45, 2.75) is 32.2 Å². The average Bonchev–Trinajstić information content (AvgIpc) is 3.64. The Morgan fingerprint density at radius 2 is 1.83 bits per heavy atom. The summed E-state index contributed by atoms with van der Waals surface area (Å²) < 4.78 is 13.7. The highest BCUT2D eigenvalue weighted by Gasteiger charge is 2.34. The number of carbonyl (C=O) groups excluding carboxylic acids is 2. The molecule has 0 atom stereocenters. The number of aromatic amines is 1. The zero-order chi connectivity index (χ0) is 31.2. The van der Waals surface area contributed by atoms with Gasteiger partial charge >= 0.3 is 6.03 Å². The van der Waals surface area contributed by atoms with E-state index in [0.717, 1.165) is 36.2 Å². The number of thiophene rings is 1. The molecule has 0 bridgehead atoms. The van der Waals surface area contributed by atoms with Crippen LogP contribution in [-0.2, 0) is 13.0 Å². The third kappa shape index (κ3) is 5.35. The molecule has 5 heterocycles. The van der Waals surface area contributed by atoms with Crippen LogP contribution in [0.15, 0.2) is 73.1 Å². The Bertz CT molecular complexity index is 2120. The lowest BCUT2D eigenvalue weighted by molar-refractivity contribution is 0.103. The Balaban J connectivity index is 1.05. The zero-order valence-electron chi connectivity index (χ0n) is 24.7. The summed E-state index contributed by atoms with van der Waals surface area (Å²) in [6, 6.07) is 19.3. The monoisotopic (exact) mass is 632 g/mol. The van der Waals surface area contributed by atoms with Crippen molar-refractivity contribution >= 4 is 67.4 Å². The van der Waals surface area contributed by atoms with E-state index in [1.165, 1.54) is 59.5 Å². The fraction of sp³-hybridized carbons (Fsp3) is 0.206. The lowest BCUT2D eigenvalue weighted by Crippen LogP contribution is -2.35. The van der Waals surface area contributed by atoms with Crippen LogP contribution in [0.1, 0.15) is 45.9 Å². The van der Waals surface area contributed by atoms with E-state index in [1.807, 2.05) is 42.5 Å². The maximum atomic E-state index is 13.7. The van der Waals surface area contributed by atoms with E-state index in [1.54, 1.807) is 12.1 Å². The number of likely N-dealkylation sites (tertiary alicyclic amines) is 1. The van der Waals surface area contributed by atoms with E-state index >= 15 is 0 Å². The molecule has 2 aliphatic heterocycles. The molecule has 230 valence electrons. The van der Waals surface area contributed by atoms with Gasteiger partial charge in [-0.1, -0.05) is 30.7 Å². The number of imidazole rings is 1. The predicted octanol–water partition coefficient (Wildman–Crippen LogP) is 7.22. The Kier molecular flexibility index (Phi) is 7.15. The largest absolute Gasteiger partial charge is 0.342 e. The molecular formula is C34H29FN8O2S. The second-order valence-electron chi connectivity index (χ2n) is 11.6. The Hall–Kier alpha value is -5.20. The van der Waals surface area contributed by atoms with Gasteiger partial charge in [0, 0.05) is 18.7 Å². The first kappa shape index (κ1) is 28.3. The highest BCUT2D eigenvalue weighted by molar-refractivity contribution is 7.21. The summed E-state index contributed by atoms with van der Waals surface area (Å²) in [6.45, 7) is 3.15. The quantitative estimate of drug-likeness (QED) is 0.171. The molecular weight excluding hydrogens is 603 g/mol. The van der Waals surface area contributed by atoms with E-state index in [0.29, 0.717) is 50.2 Å². The van der Waals surface area contributed by atoms with Crippen molar-refractivity contribution in [1.82, 2.24) is 24.8 Å². The number of hydrogen-bond acceptors (Lipinski definition) is 7. The van der Waals surface area contributed by atoms with Gasteiger partial charge in [-0.05, 0) is 79.5 Å². The number of carbonyl (C=O) groups is 2. The number of fused-ring (bicyclic) bond motifs is 1. The van der Waals surface area contributed by atoms with Crippen molar-refractivity contribution in [3.8, 4) is 0 Å². The molecule has 1 saturated heterocycles. The molecule has 6 aromatic rings. The van der Waals surface area contributed by atoms with Gasteiger partial charge in [-0.3, -0.25) is 9.69 Å². The fourth-order valence-corrected chi connectivity index (χ4v) is 7.22. The van der Waals surface area contributed by atoms with Crippen molar-refractivity contribution in [2.24, 2.45) is 0 Å². The second-order valence-corrected chi connectivity index (χ2v) is 12.6. The minimum Gasteiger partial charge on any atom is -0.342 e. The van der Waals surface area contributed by atoms with E-state index in [-0.39, 0.29) is 11.7 Å². The summed E-state index contributed by atoms with van der Waals surface area (Å²) in [4.78, 5) is 48.8. The molecule has 3 N–H and O–H groups in total. The Morgan fingerprint density at radius 1 is 0.978 bits per heavy atom. The van der Waals surface area contributed by atoms with Gasteiger partial charge in [0.1, 0.15) is 27.7 Å². The average molecular weight is 633 g/mol. The number of halogens is 1. The summed E-state index contributed by atoms with van der Waals surface area (Å²) in [5.41, 5.74) is 5.09. The van der Waals surface area contributed by atoms with Gasteiger partial charge in [0.05, 0.1) is 27.8 Å². The topological polar surface area (TPSA) is 119 Å². The highest BCUT2D eigenvalue weighted by Crippen LogP contribution is 2.45. The first-order valence-electron chi connectivity index (χ1n) is 15.2. The minimum absolute atomic E-state index is 0.297. The van der Waals surface area contributed by atoms with Crippen LogP contribution < -0.4 is 15.5 Å². The molecule has 0 saturated carbocycles. The zero-order valence-corrected chi connectivity index (χ0v) is 25.5. The maximum absolute atomic E-state index is 13.7. The molecule has 0 spiro atoms. The Morgan fingerprint density at radius 3 is 2.65 bits per heavy atom. The van der Waals surface area contributed by atoms with Crippen LogP contribution in [0.4, 0.5) is 32.1 Å². The van der Waals surface area contributed by atoms with E-state index < -0.39 is 6.03 Å². The van der Waals surface area contributed by atoms with Gasteiger partial charge in [0.15, 0.2) is 5.82 Å². The minimum atomic E-state index is -0.444. The van der Waals surface area contributed by atoms with Gasteiger partial charge in [0.25, 0.3) is 5.91 Å².